The number of carbonyl (C=O) groups excluding carboxylic acids is 1. The molecule has 0 aromatic heterocycles. The Hall–Kier alpha value is -1.10. The first kappa shape index (κ1) is 14.0. The van der Waals surface area contributed by atoms with E-state index in [9.17, 15) is 14.7 Å². The summed E-state index contributed by atoms with van der Waals surface area (Å²) in [4.78, 5) is 22.7. The molecular formula is C12H22N2O3. The molecule has 1 amide bonds. The van der Waals surface area contributed by atoms with Gasteiger partial charge in [0.1, 0.15) is 5.54 Å². The topological polar surface area (TPSA) is 78.4 Å². The molecule has 1 rings (SSSR count). The lowest BCUT2D eigenvalue weighted by Gasteiger charge is -2.36. The van der Waals surface area contributed by atoms with Gasteiger partial charge in [0.15, 0.2) is 0 Å². The van der Waals surface area contributed by atoms with E-state index in [0.29, 0.717) is 25.3 Å². The van der Waals surface area contributed by atoms with Gasteiger partial charge in [0.2, 0.25) is 5.91 Å². The van der Waals surface area contributed by atoms with Crippen LogP contribution in [0.2, 0.25) is 0 Å². The molecule has 17 heavy (non-hydrogen) atoms. The van der Waals surface area contributed by atoms with Crippen LogP contribution in [0.15, 0.2) is 0 Å². The first-order valence-corrected chi connectivity index (χ1v) is 6.25. The third-order valence-corrected chi connectivity index (χ3v) is 3.50. The van der Waals surface area contributed by atoms with E-state index in [1.807, 2.05) is 6.92 Å². The van der Waals surface area contributed by atoms with Gasteiger partial charge >= 0.3 is 5.97 Å². The van der Waals surface area contributed by atoms with Gasteiger partial charge in [-0.2, -0.15) is 0 Å². The van der Waals surface area contributed by atoms with Crippen molar-refractivity contribution in [3.05, 3.63) is 0 Å². The fourth-order valence-corrected chi connectivity index (χ4v) is 2.23. The Bertz CT molecular complexity index is 283. The molecule has 0 radical (unpaired) electrons. The summed E-state index contributed by atoms with van der Waals surface area (Å²) in [5.74, 6) is -0.408. The van der Waals surface area contributed by atoms with E-state index >= 15 is 0 Å². The third-order valence-electron chi connectivity index (χ3n) is 3.50. The summed E-state index contributed by atoms with van der Waals surface area (Å²) < 4.78 is 0. The summed E-state index contributed by atoms with van der Waals surface area (Å²) in [6.45, 7) is 4.62. The van der Waals surface area contributed by atoms with E-state index in [4.69, 9.17) is 0 Å². The quantitative estimate of drug-likeness (QED) is 0.664. The first-order valence-electron chi connectivity index (χ1n) is 6.25. The van der Waals surface area contributed by atoms with Gasteiger partial charge in [-0.05, 0) is 38.5 Å². The second kappa shape index (κ2) is 6.00. The zero-order valence-electron chi connectivity index (χ0n) is 10.6. The maximum absolute atomic E-state index is 11.4. The van der Waals surface area contributed by atoms with E-state index in [1.165, 1.54) is 0 Å². The highest BCUT2D eigenvalue weighted by atomic mass is 16.4. The molecule has 0 unspecified atom stereocenters. The maximum Gasteiger partial charge on any atom is 0.323 e. The Morgan fingerprint density at radius 2 is 1.94 bits per heavy atom. The van der Waals surface area contributed by atoms with Crippen LogP contribution in [0.25, 0.3) is 0 Å². The van der Waals surface area contributed by atoms with Crippen molar-refractivity contribution >= 4 is 11.9 Å². The second-order valence-corrected chi connectivity index (χ2v) is 4.88. The number of hydrogen-bond donors (Lipinski definition) is 3. The SMILES string of the molecule is CCNC(=O)CNC1(C(=O)O)CCC(C)CC1. The minimum absolute atomic E-state index is 0.0779. The number of nitrogens with one attached hydrogen (secondary N) is 2. The van der Waals surface area contributed by atoms with Crippen molar-refractivity contribution in [3.63, 3.8) is 0 Å². The van der Waals surface area contributed by atoms with E-state index in [1.54, 1.807) is 0 Å². The third kappa shape index (κ3) is 3.70. The van der Waals surface area contributed by atoms with E-state index in [2.05, 4.69) is 17.6 Å². The second-order valence-electron chi connectivity index (χ2n) is 4.88. The molecule has 0 heterocycles. The van der Waals surface area contributed by atoms with Crippen LogP contribution in [-0.4, -0.2) is 35.6 Å². The molecule has 1 aliphatic carbocycles. The van der Waals surface area contributed by atoms with Crippen LogP contribution < -0.4 is 10.6 Å². The number of carboxylic acid groups (broad SMARTS) is 1. The van der Waals surface area contributed by atoms with Crippen LogP contribution >= 0.6 is 0 Å². The fourth-order valence-electron chi connectivity index (χ4n) is 2.23. The average Bonchev–Trinajstić information content (AvgIpc) is 2.29. The molecule has 1 saturated carbocycles. The molecule has 0 saturated heterocycles. The molecule has 98 valence electrons. The van der Waals surface area contributed by atoms with Gasteiger partial charge in [-0.3, -0.25) is 14.9 Å². The van der Waals surface area contributed by atoms with Crippen LogP contribution in [0.3, 0.4) is 0 Å². The van der Waals surface area contributed by atoms with Crippen molar-refractivity contribution in [2.75, 3.05) is 13.1 Å². The predicted octanol–water partition coefficient (Wildman–Crippen LogP) is 0.746. The summed E-state index contributed by atoms with van der Waals surface area (Å²) in [7, 11) is 0. The molecule has 5 heteroatoms. The maximum atomic E-state index is 11.4. The molecule has 3 N–H and O–H groups in total. The standard InChI is InChI=1S/C12H22N2O3/c1-3-13-10(15)8-14-12(11(16)17)6-4-9(2)5-7-12/h9,14H,3-8H2,1-2H3,(H,13,15)(H,16,17). The number of aliphatic carboxylic acids is 1. The molecule has 1 fully saturated rings. The fraction of sp³-hybridized carbons (Fsp3) is 0.833. The summed E-state index contributed by atoms with van der Waals surface area (Å²) >= 11 is 0. The lowest BCUT2D eigenvalue weighted by atomic mass is 9.77. The lowest BCUT2D eigenvalue weighted by Crippen LogP contribution is -2.56. The van der Waals surface area contributed by atoms with Gasteiger partial charge in [0.25, 0.3) is 0 Å². The summed E-state index contributed by atoms with van der Waals surface area (Å²) in [6.07, 6.45) is 3.00. The summed E-state index contributed by atoms with van der Waals surface area (Å²) in [5, 5.41) is 14.9. The Balaban J connectivity index is 2.54. The van der Waals surface area contributed by atoms with Crippen molar-refractivity contribution in [1.82, 2.24) is 10.6 Å². The van der Waals surface area contributed by atoms with Crippen molar-refractivity contribution in [1.29, 1.82) is 0 Å². The van der Waals surface area contributed by atoms with Crippen molar-refractivity contribution in [3.8, 4) is 0 Å². The number of amides is 1. The minimum atomic E-state index is -0.905. The number of hydrogen-bond acceptors (Lipinski definition) is 3. The average molecular weight is 242 g/mol. The van der Waals surface area contributed by atoms with E-state index in [0.717, 1.165) is 12.8 Å². The highest BCUT2D eigenvalue weighted by molar-refractivity contribution is 5.82. The Morgan fingerprint density at radius 1 is 1.35 bits per heavy atom. The van der Waals surface area contributed by atoms with Gasteiger partial charge < -0.3 is 10.4 Å². The normalized spacial score (nSPS) is 28.7. The number of carbonyl (C=O) groups is 2. The molecule has 0 aromatic rings. The van der Waals surface area contributed by atoms with Gasteiger partial charge in [-0.25, -0.2) is 0 Å². The molecule has 0 bridgehead atoms. The largest absolute Gasteiger partial charge is 0.480 e. The van der Waals surface area contributed by atoms with Crippen molar-refractivity contribution < 1.29 is 14.7 Å². The highest BCUT2D eigenvalue weighted by Crippen LogP contribution is 2.31. The molecule has 0 aromatic carbocycles. The van der Waals surface area contributed by atoms with E-state index < -0.39 is 11.5 Å². The predicted molar refractivity (Wildman–Crippen MR) is 64.7 cm³/mol. The number of likely N-dealkylation sites (N-methyl/N-ethyl adjacent to an activating group) is 1. The van der Waals surface area contributed by atoms with Crippen molar-refractivity contribution in [2.24, 2.45) is 5.92 Å². The monoisotopic (exact) mass is 242 g/mol. The van der Waals surface area contributed by atoms with Crippen molar-refractivity contribution in [2.45, 2.75) is 45.1 Å². The van der Waals surface area contributed by atoms with Gasteiger partial charge in [0.05, 0.1) is 6.54 Å². The molecular weight excluding hydrogens is 220 g/mol. The van der Waals surface area contributed by atoms with Crippen LogP contribution in [-0.2, 0) is 9.59 Å². The highest BCUT2D eigenvalue weighted by Gasteiger charge is 2.40. The molecule has 1 aliphatic rings. The number of carboxylic acids is 1. The summed E-state index contributed by atoms with van der Waals surface area (Å²) in [6, 6.07) is 0. The first-order chi connectivity index (χ1) is 8.00. The Kier molecular flexibility index (Phi) is 4.93. The molecule has 0 spiro atoms. The Labute approximate surface area is 102 Å². The van der Waals surface area contributed by atoms with Crippen LogP contribution in [0.4, 0.5) is 0 Å². The zero-order chi connectivity index (χ0) is 12.9. The number of rotatable bonds is 5. The Morgan fingerprint density at radius 3 is 2.41 bits per heavy atom. The summed E-state index contributed by atoms with van der Waals surface area (Å²) in [5.41, 5.74) is -0.905. The van der Waals surface area contributed by atoms with Gasteiger partial charge in [0, 0.05) is 6.54 Å². The minimum Gasteiger partial charge on any atom is -0.480 e. The van der Waals surface area contributed by atoms with E-state index in [-0.39, 0.29) is 12.5 Å². The van der Waals surface area contributed by atoms with Crippen LogP contribution in [0.5, 0.6) is 0 Å². The molecule has 0 aliphatic heterocycles. The van der Waals surface area contributed by atoms with Gasteiger partial charge in [-0.15, -0.1) is 0 Å². The molecule has 0 atom stereocenters. The van der Waals surface area contributed by atoms with Crippen LogP contribution in [0, 0.1) is 5.92 Å². The smallest absolute Gasteiger partial charge is 0.323 e. The zero-order valence-corrected chi connectivity index (χ0v) is 10.6. The van der Waals surface area contributed by atoms with Crippen LogP contribution in [0.1, 0.15) is 39.5 Å². The lowest BCUT2D eigenvalue weighted by molar-refractivity contribution is -0.147. The van der Waals surface area contributed by atoms with Gasteiger partial charge in [-0.1, -0.05) is 6.92 Å². The molecule has 5 nitrogen and oxygen atoms in total.